The number of methoxy groups -OCH3 is 1. The molecule has 0 unspecified atom stereocenters. The first-order valence-corrected chi connectivity index (χ1v) is 18.2. The van der Waals surface area contributed by atoms with E-state index in [2.05, 4.69) is 27.9 Å². The summed E-state index contributed by atoms with van der Waals surface area (Å²) in [6, 6.07) is 22.2. The summed E-state index contributed by atoms with van der Waals surface area (Å²) < 4.78 is 20.0. The third-order valence-electron chi connectivity index (χ3n) is 11.2. The van der Waals surface area contributed by atoms with E-state index in [0.29, 0.717) is 37.6 Å². The molecule has 4 aromatic rings. The summed E-state index contributed by atoms with van der Waals surface area (Å²) in [5.74, 6) is -6.82. The number of phenolic OH excluding ortho intramolecular Hbond substituents is 1. The van der Waals surface area contributed by atoms with Crippen LogP contribution in [0.15, 0.2) is 108 Å². The molecule has 12 heteroatoms. The van der Waals surface area contributed by atoms with Crippen LogP contribution < -0.4 is 15.1 Å². The number of nitrogens with zero attached hydrogens (tertiary/aromatic N) is 2. The standard InChI is InChI=1S/C41H32BrClFN3O6/c1-3-21-4-14-27(15-5-21)46-37(49)29-17-16-28-30(34(29)39(46)51)20-32-38(50)47(45-26-12-10-25(44)11-13-26)40(52)41(32,22-6-8-24(43)9-7-22)35(28)31-18-23(42)19-33(53-2)36(31)48/h3-16,18-19,29-30,32,34-35,45,48H,1,17,20H2,2H3/t29-,30+,32-,34-,35+,41+/m0/s1. The van der Waals surface area contributed by atoms with Crippen molar-refractivity contribution in [3.63, 3.8) is 0 Å². The van der Waals surface area contributed by atoms with Crippen LogP contribution in [0.5, 0.6) is 11.5 Å². The molecule has 2 aliphatic heterocycles. The summed E-state index contributed by atoms with van der Waals surface area (Å²) in [6.45, 7) is 3.78. The Labute approximate surface area is 317 Å². The van der Waals surface area contributed by atoms with Crippen LogP contribution in [0.4, 0.5) is 15.8 Å². The molecule has 9 nitrogen and oxygen atoms in total. The molecular weight excluding hydrogens is 765 g/mol. The van der Waals surface area contributed by atoms with Crippen molar-refractivity contribution >= 4 is 68.6 Å². The van der Waals surface area contributed by atoms with Crippen molar-refractivity contribution in [1.29, 1.82) is 0 Å². The van der Waals surface area contributed by atoms with Gasteiger partial charge in [-0.2, -0.15) is 5.01 Å². The number of aromatic hydroxyl groups is 1. The van der Waals surface area contributed by atoms with E-state index in [1.807, 2.05) is 6.08 Å². The van der Waals surface area contributed by atoms with Crippen molar-refractivity contribution in [2.45, 2.75) is 24.2 Å². The van der Waals surface area contributed by atoms with Gasteiger partial charge in [0.2, 0.25) is 11.8 Å². The third-order valence-corrected chi connectivity index (χ3v) is 12.0. The summed E-state index contributed by atoms with van der Waals surface area (Å²) in [5.41, 5.74) is 4.23. The summed E-state index contributed by atoms with van der Waals surface area (Å²) in [4.78, 5) is 60.0. The van der Waals surface area contributed by atoms with E-state index in [1.165, 1.54) is 36.3 Å². The second-order valence-electron chi connectivity index (χ2n) is 13.7. The average Bonchev–Trinajstić information content (AvgIpc) is 3.54. The van der Waals surface area contributed by atoms with Gasteiger partial charge in [-0.05, 0) is 90.6 Å². The highest BCUT2D eigenvalue weighted by Gasteiger charge is 2.70. The molecule has 6 atom stereocenters. The Bertz CT molecular complexity index is 2250. The number of carbonyl (C=O) groups excluding carboxylic acids is 4. The van der Waals surface area contributed by atoms with E-state index >= 15 is 4.79 Å². The molecule has 2 heterocycles. The largest absolute Gasteiger partial charge is 0.504 e. The normalized spacial score (nSPS) is 26.2. The number of halogens is 3. The van der Waals surface area contributed by atoms with Gasteiger partial charge >= 0.3 is 0 Å². The van der Waals surface area contributed by atoms with Crippen LogP contribution in [0, 0.1) is 29.5 Å². The summed E-state index contributed by atoms with van der Waals surface area (Å²) >= 11 is 9.92. The number of ether oxygens (including phenoxy) is 1. The second-order valence-corrected chi connectivity index (χ2v) is 15.1. The first-order valence-electron chi connectivity index (χ1n) is 17.0. The highest BCUT2D eigenvalue weighted by Crippen LogP contribution is 2.65. The van der Waals surface area contributed by atoms with E-state index in [9.17, 15) is 23.9 Å². The molecule has 2 N–H and O–H groups in total. The molecule has 4 aromatic carbocycles. The molecule has 53 heavy (non-hydrogen) atoms. The maximum atomic E-state index is 15.3. The fourth-order valence-corrected chi connectivity index (χ4v) is 9.56. The quantitative estimate of drug-likeness (QED) is 0.145. The number of nitrogens with one attached hydrogen (secondary N) is 1. The molecule has 1 saturated carbocycles. The Kier molecular flexibility index (Phi) is 8.54. The number of amides is 4. The predicted molar refractivity (Wildman–Crippen MR) is 200 cm³/mol. The number of fused-ring (bicyclic) bond motifs is 4. The predicted octanol–water partition coefficient (Wildman–Crippen LogP) is 7.79. The number of hydrogen-bond donors (Lipinski definition) is 2. The molecule has 2 aliphatic carbocycles. The number of hydrogen-bond acceptors (Lipinski definition) is 7. The number of rotatable bonds is 7. The molecule has 8 rings (SSSR count). The topological polar surface area (TPSA) is 116 Å². The molecule has 2 saturated heterocycles. The van der Waals surface area contributed by atoms with E-state index in [4.69, 9.17) is 16.3 Å². The van der Waals surface area contributed by atoms with Crippen LogP contribution in [-0.4, -0.2) is 40.9 Å². The minimum Gasteiger partial charge on any atom is -0.504 e. The number of allylic oxidation sites excluding steroid dienone is 2. The molecule has 0 radical (unpaired) electrons. The minimum absolute atomic E-state index is 0.0481. The summed E-state index contributed by atoms with van der Waals surface area (Å²) in [6.07, 6.45) is 3.82. The van der Waals surface area contributed by atoms with Crippen LogP contribution in [0.25, 0.3) is 6.08 Å². The Morgan fingerprint density at radius 1 is 0.962 bits per heavy atom. The van der Waals surface area contributed by atoms with Crippen molar-refractivity contribution in [3.05, 3.63) is 135 Å². The van der Waals surface area contributed by atoms with Gasteiger partial charge in [0.05, 0.1) is 41.7 Å². The van der Waals surface area contributed by atoms with Gasteiger partial charge in [-0.3, -0.25) is 29.5 Å². The van der Waals surface area contributed by atoms with Crippen molar-refractivity contribution in [3.8, 4) is 11.5 Å². The molecule has 268 valence electrons. The van der Waals surface area contributed by atoms with E-state index < -0.39 is 58.5 Å². The molecule has 0 bridgehead atoms. The van der Waals surface area contributed by atoms with Gasteiger partial charge in [0.25, 0.3) is 11.8 Å². The van der Waals surface area contributed by atoms with Gasteiger partial charge in [0.15, 0.2) is 11.5 Å². The van der Waals surface area contributed by atoms with E-state index in [0.717, 1.165) is 10.6 Å². The van der Waals surface area contributed by atoms with Crippen molar-refractivity contribution < 1.29 is 33.4 Å². The Hall–Kier alpha value is -5.26. The third kappa shape index (κ3) is 5.23. The van der Waals surface area contributed by atoms with Crippen molar-refractivity contribution in [1.82, 2.24) is 5.01 Å². The van der Waals surface area contributed by atoms with Crippen molar-refractivity contribution in [2.75, 3.05) is 17.4 Å². The van der Waals surface area contributed by atoms with E-state index in [1.54, 1.807) is 66.7 Å². The smallest absolute Gasteiger partial charge is 0.260 e. The number of imide groups is 2. The SMILES string of the molecule is C=Cc1ccc(N2C(=O)[C@H]3[C@H](CC=C4[C@H]3C[C@H]3C(=O)N(Nc5ccc(F)cc5)C(=O)[C@@]3(c3ccc(Cl)cc3)[C@H]4c3cc(Br)cc(OC)c3O)C2=O)cc1. The van der Waals surface area contributed by atoms with Gasteiger partial charge in [0.1, 0.15) is 5.82 Å². The van der Waals surface area contributed by atoms with Crippen LogP contribution in [0.2, 0.25) is 5.02 Å². The fourth-order valence-electron chi connectivity index (χ4n) is 8.98. The Balaban J connectivity index is 1.34. The van der Waals surface area contributed by atoms with Crippen LogP contribution in [0.1, 0.15) is 35.4 Å². The zero-order chi connectivity index (χ0) is 37.3. The van der Waals surface area contributed by atoms with Gasteiger partial charge < -0.3 is 9.84 Å². The highest BCUT2D eigenvalue weighted by molar-refractivity contribution is 9.10. The van der Waals surface area contributed by atoms with Crippen LogP contribution in [0.3, 0.4) is 0 Å². The number of hydrazine groups is 1. The zero-order valence-corrected chi connectivity index (χ0v) is 30.6. The van der Waals surface area contributed by atoms with Crippen LogP contribution >= 0.6 is 27.5 Å². The number of phenols is 1. The minimum atomic E-state index is -1.67. The lowest BCUT2D eigenvalue weighted by atomic mass is 9.49. The van der Waals surface area contributed by atoms with Crippen LogP contribution in [-0.2, 0) is 24.6 Å². The number of carbonyl (C=O) groups is 4. The first-order chi connectivity index (χ1) is 25.5. The van der Waals surface area contributed by atoms with Gasteiger partial charge in [-0.15, -0.1) is 0 Å². The summed E-state index contributed by atoms with van der Waals surface area (Å²) in [7, 11) is 1.41. The van der Waals surface area contributed by atoms with Crippen molar-refractivity contribution in [2.24, 2.45) is 23.7 Å². The molecular formula is C41H32BrClFN3O6. The first kappa shape index (κ1) is 34.8. The molecule has 4 aliphatic rings. The molecule has 4 amide bonds. The van der Waals surface area contributed by atoms with Gasteiger partial charge in [0, 0.05) is 21.0 Å². The second kappa shape index (κ2) is 13.0. The Morgan fingerprint density at radius 2 is 1.66 bits per heavy atom. The monoisotopic (exact) mass is 795 g/mol. The molecule has 0 aromatic heterocycles. The highest BCUT2D eigenvalue weighted by atomic mass is 79.9. The summed E-state index contributed by atoms with van der Waals surface area (Å²) in [5, 5.41) is 13.2. The van der Waals surface area contributed by atoms with Gasteiger partial charge in [-0.25, -0.2) is 4.39 Å². The van der Waals surface area contributed by atoms with E-state index in [-0.39, 0.29) is 30.2 Å². The molecule has 0 spiro atoms. The maximum Gasteiger partial charge on any atom is 0.260 e. The lowest BCUT2D eigenvalue weighted by molar-refractivity contribution is -0.138. The average molecular weight is 797 g/mol. The lowest BCUT2D eigenvalue weighted by Crippen LogP contribution is -2.53. The van der Waals surface area contributed by atoms with Gasteiger partial charge in [-0.1, -0.05) is 76.1 Å². The fraction of sp³-hybridized carbons (Fsp3) is 0.220. The number of anilines is 2. The zero-order valence-electron chi connectivity index (χ0n) is 28.3. The lowest BCUT2D eigenvalue weighted by Gasteiger charge is -2.50. The maximum absolute atomic E-state index is 15.3. The molecule has 3 fully saturated rings. The number of benzene rings is 4. The Morgan fingerprint density at radius 3 is 2.32 bits per heavy atom.